The molecule has 0 unspecified atom stereocenters. The van der Waals surface area contributed by atoms with Crippen molar-refractivity contribution >= 4 is 22.5 Å². The largest absolute Gasteiger partial charge is 0.346 e. The minimum Gasteiger partial charge on any atom is -0.346 e. The van der Waals surface area contributed by atoms with E-state index in [1.165, 1.54) is 5.52 Å². The molecular formula is C17H26N4O. The van der Waals surface area contributed by atoms with Crippen LogP contribution in [-0.2, 0) is 11.3 Å². The van der Waals surface area contributed by atoms with Crippen LogP contribution in [0.1, 0.15) is 13.8 Å². The molecule has 1 heterocycles. The molecule has 22 heavy (non-hydrogen) atoms. The second kappa shape index (κ2) is 7.96. The van der Waals surface area contributed by atoms with Crippen molar-refractivity contribution < 1.29 is 4.79 Å². The Kier molecular flexibility index (Phi) is 5.98. The molecule has 0 aliphatic rings. The molecule has 0 aliphatic heterocycles. The molecule has 0 spiro atoms. The highest BCUT2D eigenvalue weighted by Crippen LogP contribution is 2.20. The molecule has 0 saturated heterocycles. The smallest absolute Gasteiger partial charge is 0.238 e. The summed E-state index contributed by atoms with van der Waals surface area (Å²) in [5.41, 5.74) is 2.05. The van der Waals surface area contributed by atoms with Crippen molar-refractivity contribution in [2.75, 3.05) is 38.5 Å². The number of carbonyl (C=O) groups excluding carboxylic acids is 1. The van der Waals surface area contributed by atoms with Gasteiger partial charge in [0.05, 0.1) is 6.54 Å². The van der Waals surface area contributed by atoms with Crippen LogP contribution in [0, 0.1) is 0 Å². The molecule has 5 heteroatoms. The number of benzene rings is 1. The van der Waals surface area contributed by atoms with Crippen LogP contribution in [-0.4, -0.2) is 48.6 Å². The predicted molar refractivity (Wildman–Crippen MR) is 92.3 cm³/mol. The highest BCUT2D eigenvalue weighted by atomic mass is 16.1. The van der Waals surface area contributed by atoms with E-state index in [9.17, 15) is 4.79 Å². The quantitative estimate of drug-likeness (QED) is 0.785. The number of anilines is 1. The van der Waals surface area contributed by atoms with E-state index in [2.05, 4.69) is 52.3 Å². The Morgan fingerprint density at radius 3 is 2.68 bits per heavy atom. The van der Waals surface area contributed by atoms with Gasteiger partial charge in [-0.2, -0.15) is 0 Å². The fourth-order valence-corrected chi connectivity index (χ4v) is 2.63. The number of rotatable bonds is 8. The van der Waals surface area contributed by atoms with Gasteiger partial charge in [0.15, 0.2) is 0 Å². The maximum atomic E-state index is 11.6. The minimum atomic E-state index is -0.0252. The molecule has 2 N–H and O–H groups in total. The third kappa shape index (κ3) is 4.08. The molecular weight excluding hydrogens is 276 g/mol. The standard InChI is InChI=1S/C17H26N4O/c1-4-20(5-2)10-11-21-9-8-14-12-15(6-7-16(14)21)19-17(22)13-18-3/h6-9,12,18H,4-5,10-11,13H2,1-3H3,(H,19,22). The first-order valence-corrected chi connectivity index (χ1v) is 7.93. The lowest BCUT2D eigenvalue weighted by Crippen LogP contribution is -2.26. The van der Waals surface area contributed by atoms with Gasteiger partial charge >= 0.3 is 0 Å². The van der Waals surface area contributed by atoms with Gasteiger partial charge in [-0.25, -0.2) is 0 Å². The summed E-state index contributed by atoms with van der Waals surface area (Å²) in [6, 6.07) is 8.17. The number of likely N-dealkylation sites (N-methyl/N-ethyl adjacent to an activating group) is 2. The molecule has 5 nitrogen and oxygen atoms in total. The summed E-state index contributed by atoms with van der Waals surface area (Å²) in [5, 5.41) is 6.89. The van der Waals surface area contributed by atoms with E-state index in [0.29, 0.717) is 6.54 Å². The van der Waals surface area contributed by atoms with E-state index < -0.39 is 0 Å². The van der Waals surface area contributed by atoms with Crippen LogP contribution in [0.4, 0.5) is 5.69 Å². The van der Waals surface area contributed by atoms with Crippen molar-refractivity contribution in [2.24, 2.45) is 0 Å². The lowest BCUT2D eigenvalue weighted by Gasteiger charge is -2.18. The van der Waals surface area contributed by atoms with Crippen LogP contribution in [0.5, 0.6) is 0 Å². The van der Waals surface area contributed by atoms with Crippen molar-refractivity contribution in [3.8, 4) is 0 Å². The monoisotopic (exact) mass is 302 g/mol. The summed E-state index contributed by atoms with van der Waals surface area (Å²) < 4.78 is 2.27. The van der Waals surface area contributed by atoms with Gasteiger partial charge in [0.25, 0.3) is 0 Å². The zero-order chi connectivity index (χ0) is 15.9. The molecule has 0 atom stereocenters. The molecule has 0 radical (unpaired) electrons. The maximum absolute atomic E-state index is 11.6. The predicted octanol–water partition coefficient (Wildman–Crippen LogP) is 2.14. The van der Waals surface area contributed by atoms with Gasteiger partial charge in [-0.3, -0.25) is 4.79 Å². The van der Waals surface area contributed by atoms with Gasteiger partial charge in [0.1, 0.15) is 0 Å². The van der Waals surface area contributed by atoms with Gasteiger partial charge in [-0.15, -0.1) is 0 Å². The zero-order valence-electron chi connectivity index (χ0n) is 13.7. The topological polar surface area (TPSA) is 49.3 Å². The Balaban J connectivity index is 2.08. The second-order valence-corrected chi connectivity index (χ2v) is 5.39. The Bertz CT molecular complexity index is 616. The van der Waals surface area contributed by atoms with Crippen molar-refractivity contribution in [3.63, 3.8) is 0 Å². The average molecular weight is 302 g/mol. The molecule has 2 aromatic rings. The highest BCUT2D eigenvalue weighted by Gasteiger charge is 2.06. The molecule has 2 rings (SSSR count). The van der Waals surface area contributed by atoms with E-state index in [4.69, 9.17) is 0 Å². The van der Waals surface area contributed by atoms with E-state index in [1.54, 1.807) is 7.05 Å². The van der Waals surface area contributed by atoms with Gasteiger partial charge in [0, 0.05) is 35.9 Å². The molecule has 0 bridgehead atoms. The average Bonchev–Trinajstić information content (AvgIpc) is 2.91. The number of nitrogens with one attached hydrogen (secondary N) is 2. The molecule has 0 saturated carbocycles. The van der Waals surface area contributed by atoms with Gasteiger partial charge < -0.3 is 20.1 Å². The Morgan fingerprint density at radius 1 is 1.23 bits per heavy atom. The first-order valence-electron chi connectivity index (χ1n) is 7.93. The molecule has 1 amide bonds. The molecule has 1 aromatic carbocycles. The summed E-state index contributed by atoms with van der Waals surface area (Å²) >= 11 is 0. The van der Waals surface area contributed by atoms with Crippen molar-refractivity contribution in [1.29, 1.82) is 0 Å². The summed E-state index contributed by atoms with van der Waals surface area (Å²) in [7, 11) is 1.76. The summed E-state index contributed by atoms with van der Waals surface area (Å²) in [5.74, 6) is -0.0252. The van der Waals surface area contributed by atoms with Crippen LogP contribution in [0.15, 0.2) is 30.5 Å². The lowest BCUT2D eigenvalue weighted by atomic mass is 10.2. The maximum Gasteiger partial charge on any atom is 0.238 e. The molecule has 0 fully saturated rings. The van der Waals surface area contributed by atoms with E-state index in [0.717, 1.165) is 37.3 Å². The normalized spacial score (nSPS) is 11.3. The fourth-order valence-electron chi connectivity index (χ4n) is 2.63. The fraction of sp³-hybridized carbons (Fsp3) is 0.471. The first-order chi connectivity index (χ1) is 10.7. The number of hydrogen-bond donors (Lipinski definition) is 2. The van der Waals surface area contributed by atoms with Crippen LogP contribution < -0.4 is 10.6 Å². The first kappa shape index (κ1) is 16.5. The van der Waals surface area contributed by atoms with Crippen molar-refractivity contribution in [1.82, 2.24) is 14.8 Å². The van der Waals surface area contributed by atoms with Gasteiger partial charge in [0.2, 0.25) is 5.91 Å². The number of carbonyl (C=O) groups is 1. The number of fused-ring (bicyclic) bond motifs is 1. The van der Waals surface area contributed by atoms with E-state index >= 15 is 0 Å². The molecule has 1 aromatic heterocycles. The third-order valence-electron chi connectivity index (χ3n) is 3.94. The van der Waals surface area contributed by atoms with Gasteiger partial charge in [-0.05, 0) is 44.4 Å². The van der Waals surface area contributed by atoms with Gasteiger partial charge in [-0.1, -0.05) is 13.8 Å². The molecule has 120 valence electrons. The number of hydrogen-bond acceptors (Lipinski definition) is 3. The van der Waals surface area contributed by atoms with E-state index in [-0.39, 0.29) is 5.91 Å². The zero-order valence-corrected chi connectivity index (χ0v) is 13.7. The number of amides is 1. The Hall–Kier alpha value is -1.85. The van der Waals surface area contributed by atoms with Crippen molar-refractivity contribution in [3.05, 3.63) is 30.5 Å². The lowest BCUT2D eigenvalue weighted by molar-refractivity contribution is -0.115. The Morgan fingerprint density at radius 2 is 2.00 bits per heavy atom. The van der Waals surface area contributed by atoms with Crippen LogP contribution >= 0.6 is 0 Å². The van der Waals surface area contributed by atoms with Crippen LogP contribution in [0.25, 0.3) is 10.9 Å². The van der Waals surface area contributed by atoms with Crippen LogP contribution in [0.2, 0.25) is 0 Å². The summed E-state index contributed by atoms with van der Waals surface area (Å²) in [6.07, 6.45) is 2.12. The third-order valence-corrected chi connectivity index (χ3v) is 3.94. The SMILES string of the molecule is CCN(CC)CCn1ccc2cc(NC(=O)CNC)ccc21. The summed E-state index contributed by atoms with van der Waals surface area (Å²) in [4.78, 5) is 14.0. The van der Waals surface area contributed by atoms with Crippen LogP contribution in [0.3, 0.4) is 0 Å². The molecule has 0 aliphatic carbocycles. The van der Waals surface area contributed by atoms with Crippen molar-refractivity contribution in [2.45, 2.75) is 20.4 Å². The summed E-state index contributed by atoms with van der Waals surface area (Å²) in [6.45, 7) is 8.90. The number of nitrogens with zero attached hydrogens (tertiary/aromatic N) is 2. The highest BCUT2D eigenvalue weighted by molar-refractivity contribution is 5.95. The number of aromatic nitrogens is 1. The minimum absolute atomic E-state index is 0.0252. The second-order valence-electron chi connectivity index (χ2n) is 5.39. The van der Waals surface area contributed by atoms with E-state index in [1.807, 2.05) is 12.1 Å². The Labute approximate surface area is 132 Å².